The normalized spacial score (nSPS) is 15.1. The zero-order valence-corrected chi connectivity index (χ0v) is 19.6. The largest absolute Gasteiger partial charge is 0.348 e. The highest BCUT2D eigenvalue weighted by molar-refractivity contribution is 8.00. The Morgan fingerprint density at radius 3 is 2.47 bits per heavy atom. The summed E-state index contributed by atoms with van der Waals surface area (Å²) in [5, 5.41) is 6.21. The van der Waals surface area contributed by atoms with E-state index < -0.39 is 0 Å². The van der Waals surface area contributed by atoms with E-state index in [2.05, 4.69) is 17.6 Å². The standard InChI is InChI=1S/C25H25N3O2S2/c1-17-16-28(22-5-3-4-6-23(22)32-17)25(30)27-20-11-9-19(10-12-20)24(29)26-15-18-7-13-21(31-2)14-8-18/h3-14,17H,15-16H2,1-2H3,(H,26,29)(H,27,30). The molecule has 1 atom stereocenters. The molecule has 4 rings (SSSR count). The average molecular weight is 464 g/mol. The number of urea groups is 1. The van der Waals surface area contributed by atoms with E-state index in [1.165, 1.54) is 4.90 Å². The Hall–Kier alpha value is -2.90. The number of nitrogens with one attached hydrogen (secondary N) is 2. The van der Waals surface area contributed by atoms with E-state index in [9.17, 15) is 9.59 Å². The molecule has 32 heavy (non-hydrogen) atoms. The molecule has 164 valence electrons. The van der Waals surface area contributed by atoms with Crippen LogP contribution in [0.2, 0.25) is 0 Å². The zero-order chi connectivity index (χ0) is 22.5. The molecule has 1 aliphatic heterocycles. The molecule has 2 N–H and O–H groups in total. The van der Waals surface area contributed by atoms with Crippen molar-refractivity contribution in [2.45, 2.75) is 28.5 Å². The Labute approximate surface area is 197 Å². The molecule has 1 unspecified atom stereocenters. The van der Waals surface area contributed by atoms with Crippen LogP contribution in [0, 0.1) is 0 Å². The first-order chi connectivity index (χ1) is 15.5. The van der Waals surface area contributed by atoms with Crippen LogP contribution >= 0.6 is 23.5 Å². The number of benzene rings is 3. The van der Waals surface area contributed by atoms with Crippen molar-refractivity contribution in [2.24, 2.45) is 0 Å². The number of hydrogen-bond donors (Lipinski definition) is 2. The summed E-state index contributed by atoms with van der Waals surface area (Å²) in [6, 6.07) is 22.9. The minimum atomic E-state index is -0.171. The van der Waals surface area contributed by atoms with Crippen molar-refractivity contribution in [3.63, 3.8) is 0 Å². The van der Waals surface area contributed by atoms with Gasteiger partial charge in [-0.15, -0.1) is 23.5 Å². The number of thioether (sulfide) groups is 2. The molecule has 1 aliphatic rings. The number of carbonyl (C=O) groups excluding carboxylic acids is 2. The first-order valence-electron chi connectivity index (χ1n) is 10.4. The molecule has 0 spiro atoms. The molecule has 0 saturated carbocycles. The fourth-order valence-corrected chi connectivity index (χ4v) is 5.03. The van der Waals surface area contributed by atoms with Crippen LogP contribution in [0.5, 0.6) is 0 Å². The molecule has 5 nitrogen and oxygen atoms in total. The summed E-state index contributed by atoms with van der Waals surface area (Å²) in [4.78, 5) is 29.5. The van der Waals surface area contributed by atoms with Gasteiger partial charge in [0.1, 0.15) is 0 Å². The lowest BCUT2D eigenvalue weighted by Gasteiger charge is -2.32. The fourth-order valence-electron chi connectivity index (χ4n) is 3.51. The second-order valence-corrected chi connectivity index (χ2v) is 9.90. The van der Waals surface area contributed by atoms with E-state index in [0.717, 1.165) is 16.1 Å². The molecule has 1 heterocycles. The number of nitrogens with zero attached hydrogens (tertiary/aromatic N) is 1. The van der Waals surface area contributed by atoms with Gasteiger partial charge in [-0.2, -0.15) is 0 Å². The summed E-state index contributed by atoms with van der Waals surface area (Å²) in [6.07, 6.45) is 2.04. The summed E-state index contributed by atoms with van der Waals surface area (Å²) in [7, 11) is 0. The third kappa shape index (κ3) is 5.29. The Morgan fingerprint density at radius 1 is 1.03 bits per heavy atom. The van der Waals surface area contributed by atoms with Gasteiger partial charge in [0.25, 0.3) is 5.91 Å². The minimum Gasteiger partial charge on any atom is -0.348 e. The van der Waals surface area contributed by atoms with Crippen molar-refractivity contribution >= 4 is 46.8 Å². The van der Waals surface area contributed by atoms with Crippen molar-refractivity contribution in [2.75, 3.05) is 23.0 Å². The molecule has 0 aromatic heterocycles. The fraction of sp³-hybridized carbons (Fsp3) is 0.200. The summed E-state index contributed by atoms with van der Waals surface area (Å²) in [5.41, 5.74) is 3.18. The van der Waals surface area contributed by atoms with Gasteiger partial charge in [-0.3, -0.25) is 9.69 Å². The van der Waals surface area contributed by atoms with Gasteiger partial charge in [0.2, 0.25) is 0 Å². The number of carbonyl (C=O) groups is 2. The lowest BCUT2D eigenvalue weighted by molar-refractivity contribution is 0.0951. The van der Waals surface area contributed by atoms with Gasteiger partial charge in [-0.05, 0) is 60.4 Å². The van der Waals surface area contributed by atoms with Gasteiger partial charge >= 0.3 is 6.03 Å². The number of anilines is 2. The Kier molecular flexibility index (Phi) is 7.07. The van der Waals surface area contributed by atoms with Crippen molar-refractivity contribution in [3.8, 4) is 0 Å². The topological polar surface area (TPSA) is 61.4 Å². The van der Waals surface area contributed by atoms with Crippen LogP contribution in [0.25, 0.3) is 0 Å². The maximum atomic E-state index is 12.9. The maximum absolute atomic E-state index is 12.9. The van der Waals surface area contributed by atoms with Crippen molar-refractivity contribution in [1.29, 1.82) is 0 Å². The molecule has 3 amide bonds. The predicted molar refractivity (Wildman–Crippen MR) is 134 cm³/mol. The average Bonchev–Trinajstić information content (AvgIpc) is 2.82. The lowest BCUT2D eigenvalue weighted by Crippen LogP contribution is -2.41. The minimum absolute atomic E-state index is 0.146. The molecule has 0 bridgehead atoms. The molecule has 7 heteroatoms. The third-order valence-electron chi connectivity index (χ3n) is 5.18. The van der Waals surface area contributed by atoms with Crippen LogP contribution < -0.4 is 15.5 Å². The van der Waals surface area contributed by atoms with Gasteiger partial charge in [-0.1, -0.05) is 31.2 Å². The zero-order valence-electron chi connectivity index (χ0n) is 18.0. The van der Waals surface area contributed by atoms with E-state index in [0.29, 0.717) is 29.6 Å². The molecular formula is C25H25N3O2S2. The van der Waals surface area contributed by atoms with Crippen LogP contribution in [-0.4, -0.2) is 30.0 Å². The van der Waals surface area contributed by atoms with Crippen LogP contribution in [0.3, 0.4) is 0 Å². The first kappa shape index (κ1) is 22.3. The van der Waals surface area contributed by atoms with E-state index in [4.69, 9.17) is 0 Å². The van der Waals surface area contributed by atoms with Crippen LogP contribution in [-0.2, 0) is 6.54 Å². The van der Waals surface area contributed by atoms with E-state index in [-0.39, 0.29) is 11.9 Å². The lowest BCUT2D eigenvalue weighted by atomic mass is 10.1. The number of rotatable bonds is 5. The van der Waals surface area contributed by atoms with E-state index in [1.54, 1.807) is 52.7 Å². The second-order valence-electron chi connectivity index (χ2n) is 7.55. The molecule has 0 fully saturated rings. The molecule has 3 aromatic carbocycles. The highest BCUT2D eigenvalue weighted by Gasteiger charge is 2.26. The van der Waals surface area contributed by atoms with Crippen LogP contribution in [0.1, 0.15) is 22.8 Å². The Bertz CT molecular complexity index is 1100. The number of para-hydroxylation sites is 1. The van der Waals surface area contributed by atoms with Crippen LogP contribution in [0.4, 0.5) is 16.2 Å². The van der Waals surface area contributed by atoms with Crippen molar-refractivity contribution in [1.82, 2.24) is 5.32 Å². The number of amides is 3. The summed E-state index contributed by atoms with van der Waals surface area (Å²) in [6.45, 7) is 3.23. The first-order valence-corrected chi connectivity index (χ1v) is 12.5. The van der Waals surface area contributed by atoms with Crippen molar-refractivity contribution in [3.05, 3.63) is 83.9 Å². The molecule has 0 aliphatic carbocycles. The molecule has 3 aromatic rings. The van der Waals surface area contributed by atoms with Gasteiger partial charge < -0.3 is 10.6 Å². The summed E-state index contributed by atoms with van der Waals surface area (Å²) >= 11 is 3.47. The van der Waals surface area contributed by atoms with Gasteiger partial charge in [0.05, 0.1) is 5.69 Å². The predicted octanol–water partition coefficient (Wildman–Crippen LogP) is 5.87. The second kappa shape index (κ2) is 10.1. The van der Waals surface area contributed by atoms with Crippen molar-refractivity contribution < 1.29 is 9.59 Å². The maximum Gasteiger partial charge on any atom is 0.326 e. The van der Waals surface area contributed by atoms with E-state index >= 15 is 0 Å². The third-order valence-corrected chi connectivity index (χ3v) is 7.07. The summed E-state index contributed by atoms with van der Waals surface area (Å²) < 4.78 is 0. The smallest absolute Gasteiger partial charge is 0.326 e. The van der Waals surface area contributed by atoms with Gasteiger partial charge in [0.15, 0.2) is 0 Å². The monoisotopic (exact) mass is 463 g/mol. The van der Waals surface area contributed by atoms with Crippen LogP contribution in [0.15, 0.2) is 82.6 Å². The Morgan fingerprint density at radius 2 is 1.75 bits per heavy atom. The molecule has 0 radical (unpaired) electrons. The highest BCUT2D eigenvalue weighted by atomic mass is 32.2. The molecule has 0 saturated heterocycles. The van der Waals surface area contributed by atoms with Gasteiger partial charge in [0, 0.05) is 39.4 Å². The Balaban J connectivity index is 1.36. The highest BCUT2D eigenvalue weighted by Crippen LogP contribution is 2.38. The SMILES string of the molecule is CSc1ccc(CNC(=O)c2ccc(NC(=O)N3CC(C)Sc4ccccc43)cc2)cc1. The quantitative estimate of drug-likeness (QED) is 0.465. The van der Waals surface area contributed by atoms with Gasteiger partial charge in [-0.25, -0.2) is 4.79 Å². The number of hydrogen-bond acceptors (Lipinski definition) is 4. The summed E-state index contributed by atoms with van der Waals surface area (Å²) in [5.74, 6) is -0.146. The molecular weight excluding hydrogens is 438 g/mol. The number of fused-ring (bicyclic) bond motifs is 1. The van der Waals surface area contributed by atoms with E-state index in [1.807, 2.05) is 54.8 Å².